The number of ether oxygens (including phenoxy) is 2. The molecular formula is C23H32N2O3S. The van der Waals surface area contributed by atoms with Crippen molar-refractivity contribution in [1.29, 1.82) is 0 Å². The molecule has 0 N–H and O–H groups in total. The number of thiazole rings is 1. The molecule has 0 aliphatic carbocycles. The van der Waals surface area contributed by atoms with Crippen molar-refractivity contribution in [2.45, 2.75) is 52.9 Å². The Bertz CT molecular complexity index is 776. The van der Waals surface area contributed by atoms with Crippen molar-refractivity contribution in [3.05, 3.63) is 52.0 Å². The van der Waals surface area contributed by atoms with E-state index in [1.165, 1.54) is 48.0 Å². The Morgan fingerprint density at radius 3 is 2.55 bits per heavy atom. The van der Waals surface area contributed by atoms with Crippen LogP contribution in [0.2, 0.25) is 0 Å². The Kier molecular flexibility index (Phi) is 10.3. The number of allylic oxidation sites excluding steroid dienone is 1. The summed E-state index contributed by atoms with van der Waals surface area (Å²) in [6.45, 7) is 7.69. The average molecular weight is 417 g/mol. The molecule has 6 heteroatoms. The maximum absolute atomic E-state index is 5.77. The molecule has 2 rings (SSSR count). The van der Waals surface area contributed by atoms with E-state index in [-0.39, 0.29) is 0 Å². The lowest BCUT2D eigenvalue weighted by Crippen LogP contribution is -2.00. The van der Waals surface area contributed by atoms with Crippen LogP contribution in [0.3, 0.4) is 0 Å². The molecule has 2 aromatic rings. The van der Waals surface area contributed by atoms with E-state index < -0.39 is 0 Å². The molecule has 1 aromatic heterocycles. The van der Waals surface area contributed by atoms with Crippen molar-refractivity contribution in [1.82, 2.24) is 4.98 Å². The molecule has 0 bridgehead atoms. The molecule has 0 saturated heterocycles. The molecule has 158 valence electrons. The van der Waals surface area contributed by atoms with Gasteiger partial charge < -0.3 is 14.3 Å². The lowest BCUT2D eigenvalue weighted by atomic mass is 9.97. The lowest BCUT2D eigenvalue weighted by Gasteiger charge is -2.13. The number of benzene rings is 1. The first-order valence-electron chi connectivity index (χ1n) is 10.1. The summed E-state index contributed by atoms with van der Waals surface area (Å²) in [5.41, 5.74) is 4.85. The molecule has 5 nitrogen and oxygen atoms in total. The van der Waals surface area contributed by atoms with Crippen LogP contribution < -0.4 is 9.47 Å². The van der Waals surface area contributed by atoms with Crippen molar-refractivity contribution in [3.63, 3.8) is 0 Å². The Hall–Kier alpha value is -2.34. The van der Waals surface area contributed by atoms with Crippen LogP contribution in [-0.2, 0) is 11.3 Å². The van der Waals surface area contributed by atoms with Gasteiger partial charge in [0.25, 0.3) is 5.19 Å². The molecule has 0 amide bonds. The number of aromatic nitrogens is 1. The fourth-order valence-corrected chi connectivity index (χ4v) is 3.73. The van der Waals surface area contributed by atoms with Crippen LogP contribution >= 0.6 is 11.3 Å². The van der Waals surface area contributed by atoms with Gasteiger partial charge in [0.1, 0.15) is 19.5 Å². The van der Waals surface area contributed by atoms with Crippen LogP contribution in [0, 0.1) is 13.8 Å². The molecule has 0 atom stereocenters. The molecule has 29 heavy (non-hydrogen) atoms. The monoisotopic (exact) mass is 416 g/mol. The molecule has 1 heterocycles. The first-order chi connectivity index (χ1) is 14.1. The zero-order valence-electron chi connectivity index (χ0n) is 17.9. The number of nitrogens with zero attached hydrogens (tertiary/aromatic N) is 2. The topological polar surface area (TPSA) is 52.9 Å². The van der Waals surface area contributed by atoms with Gasteiger partial charge in [0.15, 0.2) is 0 Å². The van der Waals surface area contributed by atoms with Crippen molar-refractivity contribution in [2.24, 2.45) is 5.16 Å². The summed E-state index contributed by atoms with van der Waals surface area (Å²) in [5, 5.41) is 6.29. The van der Waals surface area contributed by atoms with Gasteiger partial charge in [0.2, 0.25) is 0 Å². The largest absolute Gasteiger partial charge is 0.490 e. The Morgan fingerprint density at radius 2 is 1.83 bits per heavy atom. The normalized spacial score (nSPS) is 11.4. The van der Waals surface area contributed by atoms with E-state index in [9.17, 15) is 0 Å². The molecule has 1 aromatic carbocycles. The molecule has 0 unspecified atom stereocenters. The first-order valence-corrected chi connectivity index (χ1v) is 11.0. The summed E-state index contributed by atoms with van der Waals surface area (Å²) < 4.78 is 11.5. The summed E-state index contributed by atoms with van der Waals surface area (Å²) in [7, 11) is 1.51. The first kappa shape index (κ1) is 22.9. The number of oxime groups is 1. The summed E-state index contributed by atoms with van der Waals surface area (Å²) in [5.74, 6) is 0.956. The highest BCUT2D eigenvalue weighted by Crippen LogP contribution is 2.24. The Morgan fingerprint density at radius 1 is 1.07 bits per heavy atom. The van der Waals surface area contributed by atoms with Gasteiger partial charge >= 0.3 is 0 Å². The van der Waals surface area contributed by atoms with E-state index in [0.29, 0.717) is 18.4 Å². The number of hydrogen-bond acceptors (Lipinski definition) is 6. The maximum Gasteiger partial charge on any atom is 0.273 e. The molecule has 0 fully saturated rings. The third-order valence-electron chi connectivity index (χ3n) is 4.59. The van der Waals surface area contributed by atoms with Gasteiger partial charge in [-0.25, -0.2) is 4.98 Å². The second-order valence-electron chi connectivity index (χ2n) is 6.88. The van der Waals surface area contributed by atoms with E-state index in [1.54, 1.807) is 6.21 Å². The average Bonchev–Trinajstić information content (AvgIpc) is 3.15. The number of rotatable bonds is 13. The highest BCUT2D eigenvalue weighted by atomic mass is 32.1. The highest BCUT2D eigenvalue weighted by Gasteiger charge is 2.06. The van der Waals surface area contributed by atoms with E-state index >= 15 is 0 Å². The van der Waals surface area contributed by atoms with E-state index in [0.717, 1.165) is 30.7 Å². The molecule has 0 radical (unpaired) electrons. The standard InChI is InChI=1S/C23H32N2O3S/c1-5-6-12-27-21-14-18(2)22(19(3)15-21)11-9-7-8-10-13-28-23-25-20(17-29-23)16-24-26-4/h5-6,14-17H,7-13H2,1-4H3/b6-5+,24-16?. The lowest BCUT2D eigenvalue weighted by molar-refractivity contribution is 0.215. The SMILES string of the molecule is C/C=C/COc1cc(C)c(CCCCCCOc2nc(C=NOC)cs2)c(C)c1. The number of hydrogen-bond donors (Lipinski definition) is 0. The van der Waals surface area contributed by atoms with E-state index in [1.807, 2.05) is 24.5 Å². The fourth-order valence-electron chi connectivity index (χ4n) is 3.09. The van der Waals surface area contributed by atoms with Gasteiger partial charge in [0.05, 0.1) is 18.5 Å². The molecule has 0 spiro atoms. The summed E-state index contributed by atoms with van der Waals surface area (Å²) in [6, 6.07) is 4.30. The second-order valence-corrected chi connectivity index (χ2v) is 7.70. The van der Waals surface area contributed by atoms with Crippen LogP contribution in [0.5, 0.6) is 10.9 Å². The fraction of sp³-hybridized carbons (Fsp3) is 0.478. The molecule has 0 aliphatic heterocycles. The van der Waals surface area contributed by atoms with Crippen LogP contribution in [0.1, 0.15) is 55.0 Å². The van der Waals surface area contributed by atoms with Crippen LogP contribution in [-0.4, -0.2) is 31.5 Å². The predicted molar refractivity (Wildman–Crippen MR) is 121 cm³/mol. The maximum atomic E-state index is 5.77. The number of unbranched alkanes of at least 4 members (excludes halogenated alkanes) is 3. The smallest absolute Gasteiger partial charge is 0.273 e. The zero-order chi connectivity index (χ0) is 20.9. The van der Waals surface area contributed by atoms with Gasteiger partial charge in [-0.2, -0.15) is 0 Å². The van der Waals surface area contributed by atoms with Gasteiger partial charge in [-0.1, -0.05) is 41.5 Å². The zero-order valence-corrected chi connectivity index (χ0v) is 18.8. The van der Waals surface area contributed by atoms with Crippen LogP contribution in [0.4, 0.5) is 0 Å². The van der Waals surface area contributed by atoms with E-state index in [2.05, 4.69) is 41.0 Å². The number of aryl methyl sites for hydroxylation is 2. The highest BCUT2D eigenvalue weighted by molar-refractivity contribution is 7.11. The second kappa shape index (κ2) is 13.0. The minimum absolute atomic E-state index is 0.625. The molecular weight excluding hydrogens is 384 g/mol. The van der Waals surface area contributed by atoms with Crippen molar-refractivity contribution in [3.8, 4) is 10.9 Å². The Balaban J connectivity index is 1.65. The van der Waals surface area contributed by atoms with Crippen LogP contribution in [0.25, 0.3) is 0 Å². The molecule has 0 saturated carbocycles. The van der Waals surface area contributed by atoms with Crippen molar-refractivity contribution < 1.29 is 14.3 Å². The van der Waals surface area contributed by atoms with Gasteiger partial charge in [0, 0.05) is 5.38 Å². The summed E-state index contributed by atoms with van der Waals surface area (Å²) >= 11 is 1.48. The molecule has 0 aliphatic rings. The summed E-state index contributed by atoms with van der Waals surface area (Å²) in [4.78, 5) is 8.97. The third kappa shape index (κ3) is 8.28. The minimum atomic E-state index is 0.625. The van der Waals surface area contributed by atoms with Crippen molar-refractivity contribution in [2.75, 3.05) is 20.3 Å². The minimum Gasteiger partial charge on any atom is -0.490 e. The van der Waals surface area contributed by atoms with Crippen LogP contribution in [0.15, 0.2) is 34.8 Å². The van der Waals surface area contributed by atoms with Crippen molar-refractivity contribution >= 4 is 17.6 Å². The predicted octanol–water partition coefficient (Wildman–Crippen LogP) is 5.88. The van der Waals surface area contributed by atoms with Gasteiger partial charge in [-0.15, -0.1) is 0 Å². The Labute approximate surface area is 178 Å². The summed E-state index contributed by atoms with van der Waals surface area (Å²) in [6.07, 6.45) is 11.3. The van der Waals surface area contributed by atoms with Gasteiger partial charge in [-0.05, 0) is 68.9 Å². The van der Waals surface area contributed by atoms with Gasteiger partial charge in [-0.3, -0.25) is 0 Å². The van der Waals surface area contributed by atoms with E-state index in [4.69, 9.17) is 9.47 Å². The third-order valence-corrected chi connectivity index (χ3v) is 5.36. The quantitative estimate of drug-likeness (QED) is 0.177.